The summed E-state index contributed by atoms with van der Waals surface area (Å²) in [7, 11) is 3.51. The topological polar surface area (TPSA) is 92.4 Å². The maximum absolute atomic E-state index is 10.8. The highest BCUT2D eigenvalue weighted by molar-refractivity contribution is 9.10. The molecule has 0 fully saturated rings. The molecule has 23 heavy (non-hydrogen) atoms. The van der Waals surface area contributed by atoms with Crippen molar-refractivity contribution in [2.45, 2.75) is 6.92 Å². The first-order valence-corrected chi connectivity index (χ1v) is 7.44. The van der Waals surface area contributed by atoms with Crippen molar-refractivity contribution in [3.05, 3.63) is 56.3 Å². The molecule has 0 bridgehead atoms. The molecule has 0 radical (unpaired) electrons. The number of rotatable bonds is 4. The number of halogens is 1. The van der Waals surface area contributed by atoms with Crippen molar-refractivity contribution in [2.75, 3.05) is 14.1 Å². The Morgan fingerprint density at radius 3 is 2.61 bits per heavy atom. The summed E-state index contributed by atoms with van der Waals surface area (Å²) < 4.78 is 6.33. The van der Waals surface area contributed by atoms with Gasteiger partial charge in [-0.15, -0.1) is 0 Å². The van der Waals surface area contributed by atoms with Crippen LogP contribution in [-0.2, 0) is 0 Å². The molecule has 2 rings (SSSR count). The maximum atomic E-state index is 10.8. The van der Waals surface area contributed by atoms with Crippen molar-refractivity contribution >= 4 is 27.5 Å². The number of aromatic nitrogens is 1. The number of aryl methyl sites for hydroxylation is 1. The number of pyridine rings is 1. The van der Waals surface area contributed by atoms with E-state index in [4.69, 9.17) is 10.1 Å². The second kappa shape index (κ2) is 6.74. The van der Waals surface area contributed by atoms with Gasteiger partial charge in [0.15, 0.2) is 0 Å². The van der Waals surface area contributed by atoms with Gasteiger partial charge in [-0.1, -0.05) is 0 Å². The molecule has 0 aliphatic rings. The van der Waals surface area contributed by atoms with E-state index in [1.807, 2.05) is 0 Å². The second-order valence-electron chi connectivity index (χ2n) is 5.06. The molecule has 0 aliphatic heterocycles. The summed E-state index contributed by atoms with van der Waals surface area (Å²) in [5.74, 6) is 1.25. The highest BCUT2D eigenvalue weighted by atomic mass is 79.9. The molecular weight excluding hydrogens is 364 g/mol. The quantitative estimate of drug-likeness (QED) is 0.287. The molecule has 0 saturated carbocycles. The van der Waals surface area contributed by atoms with Crippen molar-refractivity contribution in [1.82, 2.24) is 9.88 Å². The van der Waals surface area contributed by atoms with Gasteiger partial charge in [-0.05, 0) is 34.5 Å². The first-order valence-electron chi connectivity index (χ1n) is 6.64. The lowest BCUT2D eigenvalue weighted by atomic mass is 10.2. The number of nitrogens with zero attached hydrogens (tertiary/aromatic N) is 3. The van der Waals surface area contributed by atoms with Crippen molar-refractivity contribution in [3.8, 4) is 11.5 Å². The summed E-state index contributed by atoms with van der Waals surface area (Å²) in [5.41, 5.74) is 1.12. The van der Waals surface area contributed by atoms with Gasteiger partial charge in [-0.3, -0.25) is 15.5 Å². The Balaban J connectivity index is 2.33. The zero-order valence-corrected chi connectivity index (χ0v) is 14.4. The lowest BCUT2D eigenvalue weighted by Crippen LogP contribution is -2.22. The normalized spacial score (nSPS) is 10.3. The molecule has 1 aromatic heterocycles. The van der Waals surface area contributed by atoms with Gasteiger partial charge in [-0.25, -0.2) is 4.98 Å². The third-order valence-electron chi connectivity index (χ3n) is 3.05. The van der Waals surface area contributed by atoms with E-state index in [0.29, 0.717) is 27.4 Å². The zero-order valence-electron chi connectivity index (χ0n) is 12.8. The minimum Gasteiger partial charge on any atom is -0.457 e. The fraction of sp³-hybridized carbons (Fsp3) is 0.200. The number of non-ortho nitro benzene ring substituents is 1. The van der Waals surface area contributed by atoms with Crippen LogP contribution in [0.25, 0.3) is 0 Å². The third-order valence-corrected chi connectivity index (χ3v) is 3.46. The first-order chi connectivity index (χ1) is 10.8. The van der Waals surface area contributed by atoms with Crippen LogP contribution in [0.1, 0.15) is 11.3 Å². The number of nitrogens with one attached hydrogen (secondary N) is 1. The lowest BCUT2D eigenvalue weighted by molar-refractivity contribution is -0.384. The molecule has 1 heterocycles. The molecule has 0 spiro atoms. The Kier molecular flexibility index (Phi) is 4.95. The van der Waals surface area contributed by atoms with E-state index in [2.05, 4.69) is 20.9 Å². The fourth-order valence-electron chi connectivity index (χ4n) is 1.87. The van der Waals surface area contributed by atoms with E-state index in [1.165, 1.54) is 12.1 Å². The third kappa shape index (κ3) is 4.04. The molecule has 8 heteroatoms. The molecule has 120 valence electrons. The molecule has 0 aliphatic carbocycles. The molecule has 1 N–H and O–H groups in total. The lowest BCUT2D eigenvalue weighted by Gasteiger charge is -2.15. The highest BCUT2D eigenvalue weighted by Gasteiger charge is 2.12. The van der Waals surface area contributed by atoms with E-state index < -0.39 is 4.92 Å². The number of nitro benzene ring substituents is 1. The van der Waals surface area contributed by atoms with Gasteiger partial charge in [0.05, 0.1) is 4.92 Å². The molecule has 0 atom stereocenters. The smallest absolute Gasteiger partial charge is 0.269 e. The molecule has 7 nitrogen and oxygen atoms in total. The van der Waals surface area contributed by atoms with Gasteiger partial charge < -0.3 is 9.64 Å². The minimum absolute atomic E-state index is 0.0147. The van der Waals surface area contributed by atoms with E-state index in [1.54, 1.807) is 44.1 Å². The minimum atomic E-state index is -0.448. The Morgan fingerprint density at radius 2 is 2.04 bits per heavy atom. The Bertz CT molecular complexity index is 777. The van der Waals surface area contributed by atoms with Gasteiger partial charge in [0.25, 0.3) is 5.69 Å². The summed E-state index contributed by atoms with van der Waals surface area (Å²) in [6.45, 7) is 1.74. The number of amidine groups is 1. The Morgan fingerprint density at radius 1 is 1.35 bits per heavy atom. The predicted octanol–water partition coefficient (Wildman–Crippen LogP) is 3.74. The largest absolute Gasteiger partial charge is 0.457 e. The van der Waals surface area contributed by atoms with Crippen LogP contribution in [0.3, 0.4) is 0 Å². The van der Waals surface area contributed by atoms with Crippen LogP contribution in [0.15, 0.2) is 34.9 Å². The van der Waals surface area contributed by atoms with Crippen molar-refractivity contribution in [2.24, 2.45) is 0 Å². The molecule has 0 unspecified atom stereocenters. The Labute approximate surface area is 141 Å². The average molecular weight is 379 g/mol. The predicted molar refractivity (Wildman–Crippen MR) is 90.4 cm³/mol. The maximum Gasteiger partial charge on any atom is 0.269 e. The van der Waals surface area contributed by atoms with Crippen molar-refractivity contribution < 1.29 is 9.66 Å². The number of hydrogen-bond donors (Lipinski definition) is 1. The van der Waals surface area contributed by atoms with Gasteiger partial charge in [0.2, 0.25) is 0 Å². The SMILES string of the molecule is Cc1cc([N+](=O)[O-])ccc1Oc1cc(Br)nc(C(=N)N(C)C)c1. The summed E-state index contributed by atoms with van der Waals surface area (Å²) in [6.07, 6.45) is 0. The van der Waals surface area contributed by atoms with Crippen LogP contribution in [0.2, 0.25) is 0 Å². The second-order valence-corrected chi connectivity index (χ2v) is 5.88. The highest BCUT2D eigenvalue weighted by Crippen LogP contribution is 2.29. The van der Waals surface area contributed by atoms with Crippen molar-refractivity contribution in [1.29, 1.82) is 5.41 Å². The summed E-state index contributed by atoms with van der Waals surface area (Å²) in [5, 5.41) is 18.8. The van der Waals surface area contributed by atoms with Crippen molar-refractivity contribution in [3.63, 3.8) is 0 Å². The zero-order chi connectivity index (χ0) is 17.1. The van der Waals surface area contributed by atoms with Crippen LogP contribution in [0.4, 0.5) is 5.69 Å². The summed E-state index contributed by atoms with van der Waals surface area (Å²) >= 11 is 3.30. The van der Waals surface area contributed by atoms with E-state index in [-0.39, 0.29) is 11.5 Å². The molecule has 0 amide bonds. The number of ether oxygens (including phenoxy) is 1. The summed E-state index contributed by atoms with van der Waals surface area (Å²) in [6, 6.07) is 7.72. The molecule has 0 saturated heterocycles. The Hall–Kier alpha value is -2.48. The number of benzene rings is 1. The number of hydrogen-bond acceptors (Lipinski definition) is 5. The standard InChI is InChI=1S/C15H15BrN4O3/c1-9-6-10(20(21)22)4-5-13(9)23-11-7-12(15(17)19(2)3)18-14(16)8-11/h4-8,17H,1-3H3. The van der Waals surface area contributed by atoms with Crippen LogP contribution >= 0.6 is 15.9 Å². The molecular formula is C15H15BrN4O3. The van der Waals surface area contributed by atoms with Crippen LogP contribution < -0.4 is 4.74 Å². The van der Waals surface area contributed by atoms with E-state index in [9.17, 15) is 10.1 Å². The summed E-state index contributed by atoms with van der Waals surface area (Å²) in [4.78, 5) is 16.2. The first kappa shape index (κ1) is 16.9. The average Bonchev–Trinajstić information content (AvgIpc) is 2.47. The van der Waals surface area contributed by atoms with E-state index >= 15 is 0 Å². The van der Waals surface area contributed by atoms with Gasteiger partial charge in [0.1, 0.15) is 27.6 Å². The van der Waals surface area contributed by atoms with Gasteiger partial charge in [-0.2, -0.15) is 0 Å². The molecule has 2 aromatic rings. The molecule has 1 aromatic carbocycles. The fourth-order valence-corrected chi connectivity index (χ4v) is 2.29. The number of nitro groups is 1. The van der Waals surface area contributed by atoms with Gasteiger partial charge >= 0.3 is 0 Å². The monoisotopic (exact) mass is 378 g/mol. The van der Waals surface area contributed by atoms with E-state index in [0.717, 1.165) is 0 Å². The van der Waals surface area contributed by atoms with Crippen LogP contribution in [0.5, 0.6) is 11.5 Å². The van der Waals surface area contributed by atoms with Crippen LogP contribution in [-0.4, -0.2) is 34.7 Å². The van der Waals surface area contributed by atoms with Gasteiger partial charge in [0, 0.05) is 38.4 Å². The van der Waals surface area contributed by atoms with Crippen LogP contribution in [0, 0.1) is 22.4 Å².